The molecule has 1 fully saturated rings. The zero-order valence-corrected chi connectivity index (χ0v) is 35.4. The van der Waals surface area contributed by atoms with Gasteiger partial charge in [0.2, 0.25) is 0 Å². The lowest BCUT2D eigenvalue weighted by molar-refractivity contribution is -0.305. The number of allylic oxidation sites excluding steroid dienone is 10. The van der Waals surface area contributed by atoms with Crippen LogP contribution in [0.25, 0.3) is 0 Å². The molecule has 1 aliphatic heterocycles. The minimum Gasteiger partial charge on any atom is -0.457 e. The van der Waals surface area contributed by atoms with Gasteiger partial charge in [0.25, 0.3) is 0 Å². The van der Waals surface area contributed by atoms with Gasteiger partial charge in [-0.25, -0.2) is 0 Å². The molecule has 0 aromatic heterocycles. The summed E-state index contributed by atoms with van der Waals surface area (Å²) in [4.78, 5) is 12.8. The third-order valence-corrected chi connectivity index (χ3v) is 9.92. The molecule has 56 heavy (non-hydrogen) atoms. The van der Waals surface area contributed by atoms with Crippen LogP contribution >= 0.6 is 0 Å². The van der Waals surface area contributed by atoms with Crippen molar-refractivity contribution in [2.24, 2.45) is 0 Å². The first-order chi connectivity index (χ1) is 27.4. The number of ether oxygens (including phenoxy) is 4. The molecule has 1 aliphatic rings. The number of aliphatic hydroxyl groups is 4. The van der Waals surface area contributed by atoms with E-state index >= 15 is 0 Å². The average Bonchev–Trinajstić information content (AvgIpc) is 3.20. The van der Waals surface area contributed by atoms with Crippen LogP contribution in [0.5, 0.6) is 0 Å². The molecular weight excluding hydrogens is 709 g/mol. The van der Waals surface area contributed by atoms with Crippen LogP contribution < -0.4 is 0 Å². The Bertz CT molecular complexity index is 1040. The van der Waals surface area contributed by atoms with Gasteiger partial charge in [-0.15, -0.1) is 0 Å². The van der Waals surface area contributed by atoms with Crippen molar-refractivity contribution in [3.63, 3.8) is 0 Å². The Kier molecular flexibility index (Phi) is 35.6. The highest BCUT2D eigenvalue weighted by atomic mass is 16.7. The van der Waals surface area contributed by atoms with E-state index < -0.39 is 43.4 Å². The van der Waals surface area contributed by atoms with Crippen LogP contribution in [0.3, 0.4) is 0 Å². The van der Waals surface area contributed by atoms with Crippen LogP contribution in [-0.2, 0) is 23.7 Å². The van der Waals surface area contributed by atoms with Gasteiger partial charge >= 0.3 is 5.97 Å². The minimum atomic E-state index is -1.54. The lowest BCUT2D eigenvalue weighted by Gasteiger charge is -2.39. The molecule has 1 saturated heterocycles. The fourth-order valence-electron chi connectivity index (χ4n) is 6.42. The maximum absolute atomic E-state index is 12.8. The Labute approximate surface area is 341 Å². The van der Waals surface area contributed by atoms with Crippen LogP contribution in [0.2, 0.25) is 0 Å². The molecule has 1 rings (SSSR count). The quantitative estimate of drug-likeness (QED) is 0.0276. The fraction of sp³-hybridized carbons (Fsp3) is 0.766. The summed E-state index contributed by atoms with van der Waals surface area (Å²) in [5.41, 5.74) is 0. The van der Waals surface area contributed by atoms with Gasteiger partial charge in [-0.1, -0.05) is 145 Å². The van der Waals surface area contributed by atoms with E-state index in [1.165, 1.54) is 64.2 Å². The third-order valence-electron chi connectivity index (χ3n) is 9.92. The maximum atomic E-state index is 12.8. The van der Waals surface area contributed by atoms with Crippen molar-refractivity contribution in [3.05, 3.63) is 60.8 Å². The molecule has 1 heterocycles. The summed E-state index contributed by atoms with van der Waals surface area (Å²) < 4.78 is 22.8. The number of aliphatic hydroxyl groups excluding tert-OH is 4. The second kappa shape index (κ2) is 38.4. The first kappa shape index (κ1) is 51.9. The van der Waals surface area contributed by atoms with Crippen molar-refractivity contribution in [1.82, 2.24) is 0 Å². The van der Waals surface area contributed by atoms with E-state index in [0.29, 0.717) is 6.61 Å². The molecule has 0 aromatic rings. The van der Waals surface area contributed by atoms with Crippen molar-refractivity contribution in [2.75, 3.05) is 26.4 Å². The molecule has 0 amide bonds. The predicted octanol–water partition coefficient (Wildman–Crippen LogP) is 9.91. The number of unbranched alkanes of at least 4 members (excludes halogenated alkanes) is 16. The van der Waals surface area contributed by atoms with Crippen molar-refractivity contribution < 1.29 is 44.2 Å². The normalized spacial score (nSPS) is 21.1. The lowest BCUT2D eigenvalue weighted by Crippen LogP contribution is -2.59. The van der Waals surface area contributed by atoms with Crippen LogP contribution in [0, 0.1) is 0 Å². The fourth-order valence-corrected chi connectivity index (χ4v) is 6.42. The molecule has 6 atom stereocenters. The van der Waals surface area contributed by atoms with Crippen molar-refractivity contribution in [1.29, 1.82) is 0 Å². The number of hydrogen-bond acceptors (Lipinski definition) is 9. The lowest BCUT2D eigenvalue weighted by atomic mass is 9.99. The van der Waals surface area contributed by atoms with E-state index in [2.05, 4.69) is 74.6 Å². The summed E-state index contributed by atoms with van der Waals surface area (Å²) in [6.45, 7) is 4.39. The van der Waals surface area contributed by atoms with Gasteiger partial charge in [0.05, 0.1) is 19.8 Å². The Balaban J connectivity index is 2.30. The largest absolute Gasteiger partial charge is 0.457 e. The van der Waals surface area contributed by atoms with E-state index in [-0.39, 0.29) is 25.6 Å². The summed E-state index contributed by atoms with van der Waals surface area (Å²) in [5, 5.41) is 40.1. The summed E-state index contributed by atoms with van der Waals surface area (Å²) in [6, 6.07) is 0. The molecule has 0 aromatic carbocycles. The summed E-state index contributed by atoms with van der Waals surface area (Å²) >= 11 is 0. The molecule has 6 unspecified atom stereocenters. The number of carbonyl (C=O) groups excluding carboxylic acids is 1. The average molecular weight is 791 g/mol. The first-order valence-corrected chi connectivity index (χ1v) is 22.4. The summed E-state index contributed by atoms with van der Waals surface area (Å²) in [6.07, 6.45) is 41.0. The number of hydrogen-bond donors (Lipinski definition) is 4. The van der Waals surface area contributed by atoms with Crippen molar-refractivity contribution in [2.45, 2.75) is 205 Å². The molecule has 0 saturated carbocycles. The topological polar surface area (TPSA) is 135 Å². The van der Waals surface area contributed by atoms with E-state index in [1.54, 1.807) is 0 Å². The number of carbonyl (C=O) groups is 1. The van der Waals surface area contributed by atoms with Crippen LogP contribution in [0.4, 0.5) is 0 Å². The Hall–Kier alpha value is -2.11. The zero-order chi connectivity index (χ0) is 40.7. The predicted molar refractivity (Wildman–Crippen MR) is 228 cm³/mol. The van der Waals surface area contributed by atoms with E-state index in [9.17, 15) is 25.2 Å². The summed E-state index contributed by atoms with van der Waals surface area (Å²) in [7, 11) is 0. The van der Waals surface area contributed by atoms with Gasteiger partial charge < -0.3 is 39.4 Å². The van der Waals surface area contributed by atoms with Gasteiger partial charge in [0, 0.05) is 13.0 Å². The van der Waals surface area contributed by atoms with E-state index in [0.717, 1.165) is 83.5 Å². The van der Waals surface area contributed by atoms with E-state index in [1.807, 2.05) is 0 Å². The van der Waals surface area contributed by atoms with Gasteiger partial charge in [-0.3, -0.25) is 4.79 Å². The van der Waals surface area contributed by atoms with Crippen molar-refractivity contribution in [3.8, 4) is 0 Å². The first-order valence-electron chi connectivity index (χ1n) is 22.4. The zero-order valence-electron chi connectivity index (χ0n) is 35.4. The van der Waals surface area contributed by atoms with Gasteiger partial charge in [-0.05, 0) is 77.0 Å². The molecular formula is C47H82O9. The highest BCUT2D eigenvalue weighted by molar-refractivity contribution is 5.69. The molecule has 0 spiro atoms. The third kappa shape index (κ3) is 29.2. The standard InChI is InChI=1S/C47H82O9/c1-3-5-7-9-11-13-15-17-19-21-22-24-26-28-30-32-34-36-43(49)55-41(40-54-47-46(52)45(51)44(50)42(38-48)56-47)39-53-37-35-33-31-29-27-25-23-20-18-16-14-12-10-8-6-4-2/h5,7,11,13,17-20,22,24,41-42,44-48,50-52H,3-4,6,8-10,12,14-16,21,23,25-40H2,1-2H3/b7-5-,13-11-,19-17-,20-18-,24-22-. The smallest absolute Gasteiger partial charge is 0.306 e. The van der Waals surface area contributed by atoms with Crippen molar-refractivity contribution >= 4 is 5.97 Å². The molecule has 324 valence electrons. The second-order valence-corrected chi connectivity index (χ2v) is 15.1. The number of esters is 1. The van der Waals surface area contributed by atoms with Crippen LogP contribution in [0.1, 0.15) is 168 Å². The van der Waals surface area contributed by atoms with Crippen LogP contribution in [0.15, 0.2) is 60.8 Å². The molecule has 9 heteroatoms. The Morgan fingerprint density at radius 1 is 0.589 bits per heavy atom. The van der Waals surface area contributed by atoms with Gasteiger partial charge in [-0.2, -0.15) is 0 Å². The molecule has 0 radical (unpaired) electrons. The highest BCUT2D eigenvalue weighted by Gasteiger charge is 2.44. The monoisotopic (exact) mass is 791 g/mol. The molecule has 0 aliphatic carbocycles. The van der Waals surface area contributed by atoms with Crippen LogP contribution in [-0.4, -0.2) is 89.6 Å². The Morgan fingerprint density at radius 3 is 1.66 bits per heavy atom. The second-order valence-electron chi connectivity index (χ2n) is 15.1. The van der Waals surface area contributed by atoms with Gasteiger partial charge in [0.15, 0.2) is 6.29 Å². The summed E-state index contributed by atoms with van der Waals surface area (Å²) in [5.74, 6) is -0.341. The minimum absolute atomic E-state index is 0.128. The SMILES string of the molecule is CC/C=C\C/C=C\C/C=C\C/C=C\CCCCCCC(=O)OC(COCCCCCCCC/C=C\CCCCCCCC)COC1OC(CO)C(O)C(O)C1O. The highest BCUT2D eigenvalue weighted by Crippen LogP contribution is 2.22. The van der Waals surface area contributed by atoms with Gasteiger partial charge in [0.1, 0.15) is 30.5 Å². The molecule has 9 nitrogen and oxygen atoms in total. The number of rotatable bonds is 37. The van der Waals surface area contributed by atoms with E-state index in [4.69, 9.17) is 18.9 Å². The molecule has 0 bridgehead atoms. The molecule has 4 N–H and O–H groups in total. The Morgan fingerprint density at radius 2 is 1.09 bits per heavy atom. The maximum Gasteiger partial charge on any atom is 0.306 e.